The highest BCUT2D eigenvalue weighted by Gasteiger charge is 1.88. The molecule has 0 N–H and O–H groups in total. The van der Waals surface area contributed by atoms with Crippen LogP contribution in [0.1, 0.15) is 0 Å². The number of carbonyl (C=O) groups is 1. The first-order valence-electron chi connectivity index (χ1n) is 5.26. The first-order chi connectivity index (χ1) is 8.86. The van der Waals surface area contributed by atoms with Crippen molar-refractivity contribution < 1.29 is 4.79 Å². The Hall–Kier alpha value is -2.69. The molecule has 0 aromatic heterocycles. The summed E-state index contributed by atoms with van der Waals surface area (Å²) >= 11 is 0. The summed E-state index contributed by atoms with van der Waals surface area (Å²) < 4.78 is 0. The molecule has 1 amide bonds. The summed E-state index contributed by atoms with van der Waals surface area (Å²) in [5.74, 6) is -0.435. The van der Waals surface area contributed by atoms with Crippen LogP contribution in [0.5, 0.6) is 0 Å². The van der Waals surface area contributed by atoms with E-state index in [0.717, 1.165) is 16.7 Å². The second kappa shape index (κ2) is 6.15. The quantitative estimate of drug-likeness (QED) is 0.624. The SMILES string of the molecule is O=C1C=NC=c2ccccc2=CN=CN=CC=N1. The molecule has 0 saturated carbocycles. The molecule has 88 valence electrons. The molecule has 0 unspecified atom stereocenters. The van der Waals surface area contributed by atoms with E-state index in [4.69, 9.17) is 0 Å². The van der Waals surface area contributed by atoms with Crippen molar-refractivity contribution in [1.82, 2.24) is 0 Å². The van der Waals surface area contributed by atoms with Crippen LogP contribution in [0.15, 0.2) is 44.2 Å². The van der Waals surface area contributed by atoms with Gasteiger partial charge in [-0.3, -0.25) is 9.79 Å². The monoisotopic (exact) mass is 238 g/mol. The fraction of sp³-hybridized carbons (Fsp3) is 0. The van der Waals surface area contributed by atoms with E-state index in [0.29, 0.717) is 0 Å². The Balaban J connectivity index is 2.54. The van der Waals surface area contributed by atoms with Crippen LogP contribution in [-0.4, -0.2) is 30.9 Å². The van der Waals surface area contributed by atoms with E-state index in [1.165, 1.54) is 18.8 Å². The molecule has 0 atom stereocenters. The number of hydrogen-bond acceptors (Lipinski definition) is 4. The molecule has 1 aromatic rings. The van der Waals surface area contributed by atoms with Gasteiger partial charge in [0.2, 0.25) is 0 Å². The number of aliphatic imine (C=N–C) groups is 4. The van der Waals surface area contributed by atoms with Gasteiger partial charge in [-0.05, 0) is 0 Å². The molecule has 0 radical (unpaired) electrons. The largest absolute Gasteiger partial charge is 0.288 e. The van der Waals surface area contributed by atoms with Crippen LogP contribution in [0, 0.1) is 0 Å². The number of benzene rings is 1. The van der Waals surface area contributed by atoms with Crippen LogP contribution in [0.3, 0.4) is 0 Å². The third-order valence-electron chi connectivity index (χ3n) is 2.10. The third-order valence-corrected chi connectivity index (χ3v) is 2.10. The summed E-state index contributed by atoms with van der Waals surface area (Å²) in [4.78, 5) is 26.6. The Morgan fingerprint density at radius 2 is 1.56 bits per heavy atom. The molecule has 5 heteroatoms. The predicted octanol–water partition coefficient (Wildman–Crippen LogP) is -0.0565. The van der Waals surface area contributed by atoms with E-state index in [2.05, 4.69) is 20.0 Å². The van der Waals surface area contributed by atoms with Crippen molar-refractivity contribution in [3.05, 3.63) is 34.7 Å². The Morgan fingerprint density at radius 1 is 0.833 bits per heavy atom. The molecule has 1 aliphatic heterocycles. The summed E-state index contributed by atoms with van der Waals surface area (Å²) in [7, 11) is 0. The summed E-state index contributed by atoms with van der Waals surface area (Å²) in [6, 6.07) is 7.58. The second-order valence-electron chi connectivity index (χ2n) is 3.34. The van der Waals surface area contributed by atoms with Crippen molar-refractivity contribution in [3.63, 3.8) is 0 Å². The van der Waals surface area contributed by atoms with Gasteiger partial charge in [0.1, 0.15) is 6.34 Å². The Bertz CT molecular complexity index is 668. The summed E-state index contributed by atoms with van der Waals surface area (Å²) in [5.41, 5.74) is 0. The highest BCUT2D eigenvalue weighted by atomic mass is 16.1. The molecule has 1 aromatic carbocycles. The van der Waals surface area contributed by atoms with Crippen LogP contribution in [0.4, 0.5) is 0 Å². The molecule has 0 aliphatic carbocycles. The molecule has 5 nitrogen and oxygen atoms in total. The molecule has 1 heterocycles. The smallest absolute Gasteiger partial charge is 0.266 e. The van der Waals surface area contributed by atoms with Gasteiger partial charge in [0.05, 0.1) is 6.21 Å². The van der Waals surface area contributed by atoms with Gasteiger partial charge < -0.3 is 0 Å². The molecule has 1 aliphatic rings. The van der Waals surface area contributed by atoms with Crippen molar-refractivity contribution in [3.8, 4) is 0 Å². The predicted molar refractivity (Wildman–Crippen MR) is 73.6 cm³/mol. The minimum absolute atomic E-state index is 0.435. The normalized spacial score (nSPS) is 14.8. The summed E-state index contributed by atoms with van der Waals surface area (Å²) in [6.45, 7) is 0. The van der Waals surface area contributed by atoms with Gasteiger partial charge in [0, 0.05) is 35.3 Å². The molecule has 0 saturated heterocycles. The molecular weight excluding hydrogens is 228 g/mol. The van der Waals surface area contributed by atoms with Crippen LogP contribution in [-0.2, 0) is 4.79 Å². The number of amides is 1. The van der Waals surface area contributed by atoms with Gasteiger partial charge in [-0.2, -0.15) is 0 Å². The Kier molecular flexibility index (Phi) is 4.02. The van der Waals surface area contributed by atoms with Crippen LogP contribution >= 0.6 is 0 Å². The lowest BCUT2D eigenvalue weighted by molar-refractivity contribution is -0.111. The van der Waals surface area contributed by atoms with E-state index < -0.39 is 5.91 Å². The lowest BCUT2D eigenvalue weighted by Crippen LogP contribution is -2.22. The van der Waals surface area contributed by atoms with Crippen LogP contribution in [0.25, 0.3) is 12.4 Å². The van der Waals surface area contributed by atoms with Gasteiger partial charge in [-0.15, -0.1) is 0 Å². The van der Waals surface area contributed by atoms with E-state index in [1.807, 2.05) is 24.3 Å². The highest BCUT2D eigenvalue weighted by Crippen LogP contribution is 1.78. The van der Waals surface area contributed by atoms with Crippen LogP contribution < -0.4 is 10.4 Å². The Labute approximate surface area is 103 Å². The van der Waals surface area contributed by atoms with Gasteiger partial charge in [-0.25, -0.2) is 15.0 Å². The van der Waals surface area contributed by atoms with Crippen molar-refractivity contribution >= 4 is 43.3 Å². The third kappa shape index (κ3) is 3.41. The van der Waals surface area contributed by atoms with Crippen molar-refractivity contribution in [1.29, 1.82) is 0 Å². The first-order valence-corrected chi connectivity index (χ1v) is 5.26. The van der Waals surface area contributed by atoms with Gasteiger partial charge in [0.15, 0.2) is 0 Å². The van der Waals surface area contributed by atoms with E-state index in [9.17, 15) is 4.79 Å². The maximum atomic E-state index is 11.2. The Morgan fingerprint density at radius 3 is 2.33 bits per heavy atom. The van der Waals surface area contributed by atoms with Crippen molar-refractivity contribution in [2.75, 3.05) is 0 Å². The maximum Gasteiger partial charge on any atom is 0.288 e. The average Bonchev–Trinajstić information content (AvgIpc) is 2.40. The van der Waals surface area contributed by atoms with Crippen molar-refractivity contribution in [2.24, 2.45) is 20.0 Å². The fourth-order valence-corrected chi connectivity index (χ4v) is 1.30. The zero-order valence-corrected chi connectivity index (χ0v) is 9.47. The summed E-state index contributed by atoms with van der Waals surface area (Å²) in [5, 5.41) is 1.76. The van der Waals surface area contributed by atoms with E-state index >= 15 is 0 Å². The summed E-state index contributed by atoms with van der Waals surface area (Å²) in [6.07, 6.45) is 8.48. The first kappa shape index (κ1) is 11.8. The second-order valence-corrected chi connectivity index (χ2v) is 3.34. The number of carbonyl (C=O) groups excluding carboxylic acids is 1. The van der Waals surface area contributed by atoms with Gasteiger partial charge in [-0.1, -0.05) is 24.3 Å². The zero-order chi connectivity index (χ0) is 12.6. The molecule has 0 bridgehead atoms. The molecule has 18 heavy (non-hydrogen) atoms. The number of rotatable bonds is 0. The maximum absolute atomic E-state index is 11.2. The number of fused-ring (bicyclic) bond motifs is 1. The number of hydrogen-bond donors (Lipinski definition) is 0. The molecule has 0 fully saturated rings. The van der Waals surface area contributed by atoms with E-state index in [1.54, 1.807) is 12.4 Å². The zero-order valence-electron chi connectivity index (χ0n) is 9.47. The molecule has 0 spiro atoms. The number of nitrogens with zero attached hydrogens (tertiary/aromatic N) is 4. The lowest BCUT2D eigenvalue weighted by atomic mass is 10.2. The highest BCUT2D eigenvalue weighted by molar-refractivity contribution is 6.32. The van der Waals surface area contributed by atoms with Gasteiger partial charge in [0.25, 0.3) is 5.91 Å². The topological polar surface area (TPSA) is 66.5 Å². The standard InChI is InChI=1S/C13H10N4O/c18-13-9-15-7-11-3-1-2-4-12(11)8-16-10-14-5-6-17-13/h1-10H. The van der Waals surface area contributed by atoms with E-state index in [-0.39, 0.29) is 0 Å². The molecular formula is C13H10N4O. The minimum atomic E-state index is -0.435. The van der Waals surface area contributed by atoms with Crippen LogP contribution in [0.2, 0.25) is 0 Å². The fourth-order valence-electron chi connectivity index (χ4n) is 1.30. The van der Waals surface area contributed by atoms with Crippen molar-refractivity contribution in [2.45, 2.75) is 0 Å². The molecule has 2 rings (SSSR count). The minimum Gasteiger partial charge on any atom is -0.266 e. The average molecular weight is 238 g/mol. The van der Waals surface area contributed by atoms with Gasteiger partial charge >= 0.3 is 0 Å². The lowest BCUT2D eigenvalue weighted by Gasteiger charge is -1.87.